The van der Waals surface area contributed by atoms with Crippen LogP contribution in [0, 0.1) is 6.92 Å². The number of hydrogen-bond donors (Lipinski definition) is 2. The molecule has 0 unspecified atom stereocenters. The number of aromatic hydroxyl groups is 1. The van der Waals surface area contributed by atoms with Crippen LogP contribution < -0.4 is 10.5 Å². The van der Waals surface area contributed by atoms with Gasteiger partial charge in [0.05, 0.1) is 15.8 Å². The van der Waals surface area contributed by atoms with Crippen LogP contribution in [-0.4, -0.2) is 19.2 Å². The Morgan fingerprint density at radius 1 is 1.00 bits per heavy atom. The van der Waals surface area contributed by atoms with E-state index in [0.29, 0.717) is 11.1 Å². The van der Waals surface area contributed by atoms with Crippen molar-refractivity contribution >= 4 is 26.7 Å². The van der Waals surface area contributed by atoms with Crippen LogP contribution in [0.2, 0.25) is 0 Å². The van der Waals surface area contributed by atoms with Gasteiger partial charge in [0, 0.05) is 11.6 Å². The lowest BCUT2D eigenvalue weighted by Crippen LogP contribution is -2.21. The third kappa shape index (κ3) is 4.87. The Kier molecular flexibility index (Phi) is 6.51. The summed E-state index contributed by atoms with van der Waals surface area (Å²) in [6, 6.07) is 22.4. The maximum absolute atomic E-state index is 12.9. The number of rotatable bonds is 7. The number of benzene rings is 3. The molecule has 0 radical (unpaired) electrons. The first-order chi connectivity index (χ1) is 16.3. The predicted molar refractivity (Wildman–Crippen MR) is 132 cm³/mol. The van der Waals surface area contributed by atoms with Gasteiger partial charge in [-0.1, -0.05) is 60.2 Å². The Morgan fingerprint density at radius 3 is 2.35 bits per heavy atom. The average molecular weight is 477 g/mol. The van der Waals surface area contributed by atoms with Gasteiger partial charge in [-0.25, -0.2) is 9.63 Å². The molecule has 0 amide bonds. The van der Waals surface area contributed by atoms with Crippen molar-refractivity contribution in [2.75, 3.05) is 0 Å². The summed E-state index contributed by atoms with van der Waals surface area (Å²) in [6.07, 6.45) is 0.178. The molecule has 3 aromatic carbocycles. The van der Waals surface area contributed by atoms with E-state index in [4.69, 9.17) is 4.42 Å². The van der Waals surface area contributed by atoms with E-state index in [0.717, 1.165) is 11.1 Å². The minimum atomic E-state index is -3.85. The van der Waals surface area contributed by atoms with Crippen molar-refractivity contribution in [3.8, 4) is 5.75 Å². The van der Waals surface area contributed by atoms with E-state index in [1.54, 1.807) is 43.3 Å². The molecule has 174 valence electrons. The van der Waals surface area contributed by atoms with Crippen LogP contribution >= 0.6 is 0 Å². The molecule has 0 saturated heterocycles. The number of sulfonamides is 1. The van der Waals surface area contributed by atoms with Crippen molar-refractivity contribution in [2.45, 2.75) is 31.1 Å². The fourth-order valence-electron chi connectivity index (χ4n) is 3.78. The van der Waals surface area contributed by atoms with Gasteiger partial charge in [-0.2, -0.15) is 13.5 Å². The predicted octanol–water partition coefficient (Wildman–Crippen LogP) is 4.68. The maximum atomic E-state index is 12.9. The molecule has 34 heavy (non-hydrogen) atoms. The van der Waals surface area contributed by atoms with Crippen LogP contribution in [0.15, 0.2) is 98.1 Å². The number of aryl methyl sites for hydroxylation is 1. The number of fused-ring (bicyclic) bond motifs is 1. The van der Waals surface area contributed by atoms with Crippen molar-refractivity contribution in [1.29, 1.82) is 0 Å². The molecule has 0 aliphatic heterocycles. The molecule has 1 atom stereocenters. The normalized spacial score (nSPS) is 13.1. The van der Waals surface area contributed by atoms with Gasteiger partial charge in [0.25, 0.3) is 10.0 Å². The van der Waals surface area contributed by atoms with Gasteiger partial charge < -0.3 is 9.52 Å². The minimum Gasteiger partial charge on any atom is -0.507 e. The van der Waals surface area contributed by atoms with E-state index in [1.807, 2.05) is 37.3 Å². The summed E-state index contributed by atoms with van der Waals surface area (Å²) in [4.78, 5) is 15.3. The molecule has 4 rings (SSSR count). The lowest BCUT2D eigenvalue weighted by Gasteiger charge is -2.18. The zero-order valence-electron chi connectivity index (χ0n) is 18.7. The Labute approximate surface area is 197 Å². The van der Waals surface area contributed by atoms with E-state index in [2.05, 4.69) is 9.93 Å². The summed E-state index contributed by atoms with van der Waals surface area (Å²) < 4.78 is 30.7. The molecule has 1 heterocycles. The van der Waals surface area contributed by atoms with Crippen molar-refractivity contribution in [2.24, 2.45) is 5.10 Å². The van der Waals surface area contributed by atoms with Crippen molar-refractivity contribution in [3.05, 3.63) is 106 Å². The minimum absolute atomic E-state index is 0.0980. The standard InChI is InChI=1S/C26H24N2O5S/c1-17-12-14-20(15-13-17)34(31,32)28-27-18(2)16-22(19-8-4-3-5-9-19)24-25(29)21-10-6-7-11-23(21)33-26(24)30/h3-15,22,28-29H,16H2,1-2H3/b27-18-/t22-/m0/s1. The smallest absolute Gasteiger partial charge is 0.343 e. The quantitative estimate of drug-likeness (QED) is 0.229. The van der Waals surface area contributed by atoms with Gasteiger partial charge in [0.2, 0.25) is 0 Å². The molecule has 2 N–H and O–H groups in total. The topological polar surface area (TPSA) is 109 Å². The van der Waals surface area contributed by atoms with Crippen LogP contribution in [0.1, 0.15) is 36.0 Å². The monoisotopic (exact) mass is 476 g/mol. The highest BCUT2D eigenvalue weighted by Gasteiger charge is 2.25. The van der Waals surface area contributed by atoms with Crippen LogP contribution in [0.5, 0.6) is 5.75 Å². The van der Waals surface area contributed by atoms with Crippen LogP contribution in [-0.2, 0) is 10.0 Å². The number of para-hydroxylation sites is 1. The van der Waals surface area contributed by atoms with E-state index >= 15 is 0 Å². The average Bonchev–Trinajstić information content (AvgIpc) is 2.83. The van der Waals surface area contributed by atoms with E-state index in [-0.39, 0.29) is 28.2 Å². The SMILES string of the molecule is C/C(C[C@@H](c1ccccc1)c1c(O)c2ccccc2oc1=O)=N/NS(=O)(=O)c1ccc(C)cc1. The number of nitrogens with one attached hydrogen (secondary N) is 1. The molecule has 1 aromatic heterocycles. The second-order valence-corrected chi connectivity index (χ2v) is 9.73. The molecule has 0 aliphatic rings. The Balaban J connectivity index is 1.70. The fourth-order valence-corrected chi connectivity index (χ4v) is 4.65. The van der Waals surface area contributed by atoms with Gasteiger partial charge in [0.15, 0.2) is 0 Å². The summed E-state index contributed by atoms with van der Waals surface area (Å²) in [5.41, 5.74) is 1.86. The van der Waals surface area contributed by atoms with Crippen LogP contribution in [0.4, 0.5) is 0 Å². The molecule has 0 saturated carbocycles. The first-order valence-electron chi connectivity index (χ1n) is 10.7. The van der Waals surface area contributed by atoms with Gasteiger partial charge in [-0.05, 0) is 50.1 Å². The summed E-state index contributed by atoms with van der Waals surface area (Å²) >= 11 is 0. The number of nitrogens with zero attached hydrogens (tertiary/aromatic N) is 1. The molecule has 0 aliphatic carbocycles. The number of hydrazone groups is 1. The largest absolute Gasteiger partial charge is 0.507 e. The van der Waals surface area contributed by atoms with Gasteiger partial charge in [0.1, 0.15) is 11.3 Å². The summed E-state index contributed by atoms with van der Waals surface area (Å²) in [6.45, 7) is 3.53. The third-order valence-electron chi connectivity index (χ3n) is 5.56. The molecular formula is C26H24N2O5S. The molecule has 0 spiro atoms. The van der Waals surface area contributed by atoms with E-state index in [9.17, 15) is 18.3 Å². The first kappa shape index (κ1) is 23.3. The summed E-state index contributed by atoms with van der Waals surface area (Å²) in [5, 5.41) is 15.5. The van der Waals surface area contributed by atoms with Gasteiger partial charge in [-0.3, -0.25) is 0 Å². The number of hydrogen-bond acceptors (Lipinski definition) is 6. The highest BCUT2D eigenvalue weighted by Crippen LogP contribution is 2.36. The van der Waals surface area contributed by atoms with Crippen molar-refractivity contribution < 1.29 is 17.9 Å². The fraction of sp³-hybridized carbons (Fsp3) is 0.154. The Bertz CT molecular complexity index is 1510. The Morgan fingerprint density at radius 2 is 1.65 bits per heavy atom. The first-order valence-corrected chi connectivity index (χ1v) is 12.2. The molecule has 0 bridgehead atoms. The molecular weight excluding hydrogens is 452 g/mol. The summed E-state index contributed by atoms with van der Waals surface area (Å²) in [7, 11) is -3.85. The zero-order chi connectivity index (χ0) is 24.3. The van der Waals surface area contributed by atoms with E-state index < -0.39 is 21.6 Å². The van der Waals surface area contributed by atoms with E-state index in [1.165, 1.54) is 12.1 Å². The second kappa shape index (κ2) is 9.52. The zero-order valence-corrected chi connectivity index (χ0v) is 19.5. The maximum Gasteiger partial charge on any atom is 0.343 e. The van der Waals surface area contributed by atoms with Crippen molar-refractivity contribution in [3.63, 3.8) is 0 Å². The van der Waals surface area contributed by atoms with Gasteiger partial charge in [-0.15, -0.1) is 0 Å². The lowest BCUT2D eigenvalue weighted by molar-refractivity contribution is 0.452. The molecule has 0 fully saturated rings. The van der Waals surface area contributed by atoms with Crippen LogP contribution in [0.25, 0.3) is 11.0 Å². The molecule has 4 aromatic rings. The van der Waals surface area contributed by atoms with Crippen LogP contribution in [0.3, 0.4) is 0 Å². The summed E-state index contributed by atoms with van der Waals surface area (Å²) in [5.74, 6) is -0.761. The highest BCUT2D eigenvalue weighted by molar-refractivity contribution is 7.89. The third-order valence-corrected chi connectivity index (χ3v) is 6.78. The molecule has 7 nitrogen and oxygen atoms in total. The molecule has 8 heteroatoms. The Hall–Kier alpha value is -3.91. The lowest BCUT2D eigenvalue weighted by atomic mass is 9.87. The second-order valence-electron chi connectivity index (χ2n) is 8.07. The highest BCUT2D eigenvalue weighted by atomic mass is 32.2. The van der Waals surface area contributed by atoms with Crippen molar-refractivity contribution in [1.82, 2.24) is 4.83 Å². The van der Waals surface area contributed by atoms with Gasteiger partial charge >= 0.3 is 5.63 Å².